The Hall–Kier alpha value is -1.31. The molecule has 0 aromatic rings. The average molecular weight is 256 g/mol. The first-order chi connectivity index (χ1) is 7.73. The molecule has 0 bridgehead atoms. The Morgan fingerprint density at radius 1 is 1.47 bits per heavy atom. The van der Waals surface area contributed by atoms with E-state index in [1.54, 1.807) is 0 Å². The predicted octanol–water partition coefficient (Wildman–Crippen LogP) is 1.16. The van der Waals surface area contributed by atoms with Gasteiger partial charge in [-0.3, -0.25) is 4.79 Å². The van der Waals surface area contributed by atoms with Gasteiger partial charge < -0.3 is 14.2 Å². The van der Waals surface area contributed by atoms with Crippen LogP contribution in [0.25, 0.3) is 0 Å². The van der Waals surface area contributed by atoms with Gasteiger partial charge in [-0.2, -0.15) is 13.2 Å². The van der Waals surface area contributed by atoms with Crippen molar-refractivity contribution in [1.29, 1.82) is 0 Å². The molecule has 98 valence electrons. The first-order valence-electron chi connectivity index (χ1n) is 4.82. The fraction of sp³-hybridized carbons (Fsp3) is 0.778. The van der Waals surface area contributed by atoms with Gasteiger partial charge in [0.15, 0.2) is 0 Å². The van der Waals surface area contributed by atoms with Gasteiger partial charge in [0, 0.05) is 6.92 Å². The van der Waals surface area contributed by atoms with Crippen molar-refractivity contribution >= 4 is 11.9 Å². The second-order valence-electron chi connectivity index (χ2n) is 3.41. The van der Waals surface area contributed by atoms with E-state index in [1.165, 1.54) is 6.92 Å². The number of halogens is 3. The van der Waals surface area contributed by atoms with E-state index in [2.05, 4.69) is 14.2 Å². The van der Waals surface area contributed by atoms with E-state index in [0.29, 0.717) is 0 Å². The maximum Gasteiger partial charge on any atom is 0.428 e. The lowest BCUT2D eigenvalue weighted by atomic mass is 9.92. The Morgan fingerprint density at radius 2 is 2.00 bits per heavy atom. The highest BCUT2D eigenvalue weighted by Crippen LogP contribution is 2.46. The minimum absolute atomic E-state index is 0.196. The molecule has 1 unspecified atom stereocenters. The fourth-order valence-electron chi connectivity index (χ4n) is 1.38. The SMILES string of the molecule is CCOC(=O)[C@@]1(C(F)(F)F)CC(OC(C)=O)O1. The van der Waals surface area contributed by atoms with E-state index < -0.39 is 36.4 Å². The van der Waals surface area contributed by atoms with Crippen LogP contribution in [0.5, 0.6) is 0 Å². The molecule has 0 radical (unpaired) electrons. The van der Waals surface area contributed by atoms with Crippen molar-refractivity contribution in [2.45, 2.75) is 38.3 Å². The molecule has 0 aromatic heterocycles. The highest BCUT2D eigenvalue weighted by Gasteiger charge is 2.71. The maximum atomic E-state index is 12.7. The molecule has 0 amide bonds. The molecule has 0 saturated carbocycles. The summed E-state index contributed by atoms with van der Waals surface area (Å²) in [7, 11) is 0. The van der Waals surface area contributed by atoms with Gasteiger partial charge in [-0.25, -0.2) is 4.79 Å². The Morgan fingerprint density at radius 3 is 2.35 bits per heavy atom. The van der Waals surface area contributed by atoms with Crippen molar-refractivity contribution in [3.63, 3.8) is 0 Å². The molecule has 1 aliphatic rings. The minimum atomic E-state index is -4.91. The van der Waals surface area contributed by atoms with Crippen LogP contribution in [-0.4, -0.2) is 36.6 Å². The largest absolute Gasteiger partial charge is 0.464 e. The van der Waals surface area contributed by atoms with E-state index in [-0.39, 0.29) is 6.61 Å². The number of alkyl halides is 3. The van der Waals surface area contributed by atoms with E-state index in [1.807, 2.05) is 0 Å². The van der Waals surface area contributed by atoms with Gasteiger partial charge in [-0.15, -0.1) is 0 Å². The first kappa shape index (κ1) is 13.8. The van der Waals surface area contributed by atoms with Crippen LogP contribution in [0.4, 0.5) is 13.2 Å². The predicted molar refractivity (Wildman–Crippen MR) is 46.7 cm³/mol. The fourth-order valence-corrected chi connectivity index (χ4v) is 1.38. The van der Waals surface area contributed by atoms with Gasteiger partial charge in [0.05, 0.1) is 13.0 Å². The summed E-state index contributed by atoms with van der Waals surface area (Å²) in [6, 6.07) is 0. The van der Waals surface area contributed by atoms with Crippen LogP contribution in [0.3, 0.4) is 0 Å². The van der Waals surface area contributed by atoms with Gasteiger partial charge in [-0.05, 0) is 6.92 Å². The molecule has 1 saturated heterocycles. The number of carbonyl (C=O) groups is 2. The smallest absolute Gasteiger partial charge is 0.428 e. The zero-order valence-corrected chi connectivity index (χ0v) is 9.17. The summed E-state index contributed by atoms with van der Waals surface area (Å²) in [5.41, 5.74) is -3.01. The van der Waals surface area contributed by atoms with Crippen molar-refractivity contribution < 1.29 is 37.0 Å². The maximum absolute atomic E-state index is 12.7. The van der Waals surface area contributed by atoms with Crippen LogP contribution < -0.4 is 0 Å². The second kappa shape index (κ2) is 4.52. The molecule has 8 heteroatoms. The van der Waals surface area contributed by atoms with Crippen LogP contribution in [0, 0.1) is 0 Å². The molecule has 1 rings (SSSR count). The minimum Gasteiger partial charge on any atom is -0.464 e. The zero-order valence-electron chi connectivity index (χ0n) is 9.17. The van der Waals surface area contributed by atoms with Gasteiger partial charge in [0.1, 0.15) is 0 Å². The topological polar surface area (TPSA) is 61.8 Å². The van der Waals surface area contributed by atoms with Crippen molar-refractivity contribution in [2.75, 3.05) is 6.61 Å². The Kier molecular flexibility index (Phi) is 3.65. The Labute approximate surface area is 94.8 Å². The lowest BCUT2D eigenvalue weighted by molar-refractivity contribution is -0.379. The molecule has 2 atom stereocenters. The highest BCUT2D eigenvalue weighted by molar-refractivity contribution is 5.82. The molecule has 0 N–H and O–H groups in total. The third kappa shape index (κ3) is 2.51. The molecule has 5 nitrogen and oxygen atoms in total. The molecule has 17 heavy (non-hydrogen) atoms. The third-order valence-corrected chi connectivity index (χ3v) is 2.15. The summed E-state index contributed by atoms with van der Waals surface area (Å²) in [5.74, 6) is -2.30. The van der Waals surface area contributed by atoms with E-state index >= 15 is 0 Å². The molecule has 0 spiro atoms. The lowest BCUT2D eigenvalue weighted by Gasteiger charge is -2.44. The van der Waals surface area contributed by atoms with Crippen LogP contribution in [0.2, 0.25) is 0 Å². The first-order valence-corrected chi connectivity index (χ1v) is 4.82. The summed E-state index contributed by atoms with van der Waals surface area (Å²) in [5, 5.41) is 0. The lowest BCUT2D eigenvalue weighted by Crippen LogP contribution is -2.66. The van der Waals surface area contributed by atoms with Crippen molar-refractivity contribution in [3.05, 3.63) is 0 Å². The van der Waals surface area contributed by atoms with Gasteiger partial charge in [-0.1, -0.05) is 0 Å². The quantitative estimate of drug-likeness (QED) is 0.709. The van der Waals surface area contributed by atoms with Crippen molar-refractivity contribution in [3.8, 4) is 0 Å². The number of rotatable bonds is 3. The number of ether oxygens (including phenoxy) is 3. The molecule has 1 fully saturated rings. The summed E-state index contributed by atoms with van der Waals surface area (Å²) in [6.45, 7) is 2.21. The monoisotopic (exact) mass is 256 g/mol. The Balaban J connectivity index is 2.74. The van der Waals surface area contributed by atoms with Gasteiger partial charge in [0.25, 0.3) is 5.60 Å². The van der Waals surface area contributed by atoms with Crippen LogP contribution in [0.15, 0.2) is 0 Å². The second-order valence-corrected chi connectivity index (χ2v) is 3.41. The van der Waals surface area contributed by atoms with E-state index in [0.717, 1.165) is 6.92 Å². The number of esters is 2. The standard InChI is InChI=1S/C9H11F3O5/c1-3-15-7(14)8(9(10,11)12)4-6(17-8)16-5(2)13/h6H,3-4H2,1-2H3/t6?,8-/m1/s1. The molecule has 0 aliphatic carbocycles. The molecular formula is C9H11F3O5. The van der Waals surface area contributed by atoms with E-state index in [4.69, 9.17) is 0 Å². The Bertz CT molecular complexity index is 319. The van der Waals surface area contributed by atoms with Crippen LogP contribution >= 0.6 is 0 Å². The van der Waals surface area contributed by atoms with E-state index in [9.17, 15) is 22.8 Å². The number of hydrogen-bond donors (Lipinski definition) is 0. The summed E-state index contributed by atoms with van der Waals surface area (Å²) in [6.07, 6.45) is -7.05. The molecule has 1 heterocycles. The summed E-state index contributed by atoms with van der Waals surface area (Å²) in [4.78, 5) is 21.7. The highest BCUT2D eigenvalue weighted by atomic mass is 19.4. The number of hydrogen-bond acceptors (Lipinski definition) is 5. The summed E-state index contributed by atoms with van der Waals surface area (Å²) >= 11 is 0. The summed E-state index contributed by atoms with van der Waals surface area (Å²) < 4.78 is 51.1. The van der Waals surface area contributed by atoms with Gasteiger partial charge in [0.2, 0.25) is 6.29 Å². The average Bonchev–Trinajstić information content (AvgIpc) is 2.07. The zero-order chi connectivity index (χ0) is 13.3. The van der Waals surface area contributed by atoms with Crippen LogP contribution in [0.1, 0.15) is 20.3 Å². The van der Waals surface area contributed by atoms with Crippen molar-refractivity contribution in [2.24, 2.45) is 0 Å². The normalized spacial score (nSPS) is 28.2. The van der Waals surface area contributed by atoms with Gasteiger partial charge >= 0.3 is 18.1 Å². The van der Waals surface area contributed by atoms with Crippen LogP contribution in [-0.2, 0) is 23.8 Å². The number of carbonyl (C=O) groups excluding carboxylic acids is 2. The molecule has 1 aliphatic heterocycles. The van der Waals surface area contributed by atoms with Crippen molar-refractivity contribution in [1.82, 2.24) is 0 Å². The third-order valence-electron chi connectivity index (χ3n) is 2.15. The molecular weight excluding hydrogens is 245 g/mol. The molecule has 0 aromatic carbocycles.